The maximum absolute atomic E-state index is 13.4. The lowest BCUT2D eigenvalue weighted by Crippen LogP contribution is -2.46. The summed E-state index contributed by atoms with van der Waals surface area (Å²) in [7, 11) is 1.90. The number of halogens is 4. The normalized spacial score (nSPS) is 15.1. The van der Waals surface area contributed by atoms with Crippen LogP contribution in [-0.4, -0.2) is 47.4 Å². The van der Waals surface area contributed by atoms with Gasteiger partial charge in [-0.1, -0.05) is 48.0 Å². The largest absolute Gasteiger partial charge is 0.573 e. The van der Waals surface area contributed by atoms with E-state index in [0.717, 1.165) is 22.5 Å². The molecule has 0 saturated heterocycles. The highest BCUT2D eigenvalue weighted by molar-refractivity contribution is 6.30. The van der Waals surface area contributed by atoms with Crippen LogP contribution >= 0.6 is 11.6 Å². The summed E-state index contributed by atoms with van der Waals surface area (Å²) < 4.78 is 49.4. The summed E-state index contributed by atoms with van der Waals surface area (Å²) in [6.07, 6.45) is -0.615. The van der Waals surface area contributed by atoms with E-state index in [-0.39, 0.29) is 23.8 Å². The van der Waals surface area contributed by atoms with Crippen LogP contribution < -0.4 is 25.4 Å². The molecule has 9 nitrogen and oxygen atoms in total. The fourth-order valence-corrected chi connectivity index (χ4v) is 5.31. The van der Waals surface area contributed by atoms with Crippen LogP contribution in [-0.2, 0) is 17.8 Å². The van der Waals surface area contributed by atoms with Gasteiger partial charge >= 0.3 is 6.36 Å². The summed E-state index contributed by atoms with van der Waals surface area (Å²) in [5.41, 5.74) is 8.21. The fourth-order valence-electron chi connectivity index (χ4n) is 5.18. The number of alkyl halides is 3. The number of hydrogen-bond acceptors (Lipinski definition) is 6. The maximum atomic E-state index is 13.4. The average molecular weight is 628 g/mol. The number of ether oxygens (including phenoxy) is 2. The summed E-state index contributed by atoms with van der Waals surface area (Å²) in [6.45, 7) is 0.692. The number of aromatic nitrogens is 2. The Hall–Kier alpha value is -4.71. The molecule has 1 unspecified atom stereocenters. The summed E-state index contributed by atoms with van der Waals surface area (Å²) in [5, 5.41) is 3.30. The van der Waals surface area contributed by atoms with E-state index in [1.165, 1.54) is 12.1 Å². The van der Waals surface area contributed by atoms with Gasteiger partial charge in [0, 0.05) is 30.5 Å². The van der Waals surface area contributed by atoms with Gasteiger partial charge in [-0.25, -0.2) is 4.98 Å². The van der Waals surface area contributed by atoms with Crippen molar-refractivity contribution in [1.82, 2.24) is 14.9 Å². The van der Waals surface area contributed by atoms with Crippen LogP contribution in [0.15, 0.2) is 79.3 Å². The molecule has 230 valence electrons. The number of imidazole rings is 1. The highest BCUT2D eigenvalue weighted by atomic mass is 35.5. The molecule has 3 aromatic carbocycles. The molecule has 1 aliphatic rings. The van der Waals surface area contributed by atoms with Crippen LogP contribution in [0.4, 0.5) is 19.0 Å². The second-order valence-electron chi connectivity index (χ2n) is 10.3. The standard InChI is InChI=1S/C31H29ClF3N5O4/c1-39(27-16-37-18-40(27)17-20-7-11-22(12-8-20)44-31(33,34)35)26-13-14-43-28-23(26)3-2-4-24(28)30(42)38-25(29(36)41)15-19-5-9-21(32)10-6-19/h2-12,16,18,25-26H,13-15,17H2,1H3,(H2,36,41)(H,38,42)/t25-,26?/m0/s1. The molecular formula is C31H29ClF3N5O4. The fraction of sp³-hybridized carbons (Fsp3) is 0.258. The molecule has 13 heteroatoms. The molecule has 1 aromatic heterocycles. The second-order valence-corrected chi connectivity index (χ2v) is 10.8. The number of para-hydroxylation sites is 1. The molecular weight excluding hydrogens is 599 g/mol. The van der Waals surface area contributed by atoms with Gasteiger partial charge in [0.2, 0.25) is 5.91 Å². The molecule has 44 heavy (non-hydrogen) atoms. The Morgan fingerprint density at radius 3 is 2.52 bits per heavy atom. The first-order chi connectivity index (χ1) is 21.0. The second kappa shape index (κ2) is 12.9. The van der Waals surface area contributed by atoms with E-state index in [1.54, 1.807) is 61.1 Å². The van der Waals surface area contributed by atoms with E-state index in [9.17, 15) is 22.8 Å². The number of fused-ring (bicyclic) bond motifs is 1. The maximum Gasteiger partial charge on any atom is 0.573 e. The van der Waals surface area contributed by atoms with Crippen molar-refractivity contribution in [2.75, 3.05) is 18.6 Å². The van der Waals surface area contributed by atoms with E-state index in [2.05, 4.69) is 15.0 Å². The molecule has 2 atom stereocenters. The highest BCUT2D eigenvalue weighted by Gasteiger charge is 2.32. The predicted octanol–water partition coefficient (Wildman–Crippen LogP) is 5.27. The number of amides is 2. The molecule has 0 saturated carbocycles. The van der Waals surface area contributed by atoms with E-state index < -0.39 is 24.2 Å². The van der Waals surface area contributed by atoms with Gasteiger partial charge in [0.05, 0.1) is 37.3 Å². The minimum Gasteiger partial charge on any atom is -0.492 e. The molecule has 0 fully saturated rings. The summed E-state index contributed by atoms with van der Waals surface area (Å²) in [6, 6.07) is 16.7. The zero-order valence-corrected chi connectivity index (χ0v) is 24.3. The number of nitrogens with two attached hydrogens (primary N) is 1. The lowest BCUT2D eigenvalue weighted by atomic mass is 9.95. The number of carbonyl (C=O) groups is 2. The van der Waals surface area contributed by atoms with Crippen LogP contribution in [0.2, 0.25) is 5.02 Å². The van der Waals surface area contributed by atoms with Gasteiger partial charge in [-0.3, -0.25) is 9.59 Å². The molecule has 4 aromatic rings. The predicted molar refractivity (Wildman–Crippen MR) is 158 cm³/mol. The average Bonchev–Trinajstić information content (AvgIpc) is 3.45. The Labute approximate surface area is 256 Å². The lowest BCUT2D eigenvalue weighted by Gasteiger charge is -2.35. The third-order valence-corrected chi connectivity index (χ3v) is 7.57. The summed E-state index contributed by atoms with van der Waals surface area (Å²) >= 11 is 5.96. The molecule has 1 aliphatic heterocycles. The van der Waals surface area contributed by atoms with Crippen molar-refractivity contribution in [3.63, 3.8) is 0 Å². The third kappa shape index (κ3) is 7.25. The molecule has 2 heterocycles. The van der Waals surface area contributed by atoms with Crippen LogP contribution in [0, 0.1) is 0 Å². The minimum absolute atomic E-state index is 0.189. The number of anilines is 1. The van der Waals surface area contributed by atoms with Crippen molar-refractivity contribution in [1.29, 1.82) is 0 Å². The van der Waals surface area contributed by atoms with Crippen LogP contribution in [0.1, 0.15) is 39.5 Å². The number of benzene rings is 3. The van der Waals surface area contributed by atoms with Gasteiger partial charge in [-0.15, -0.1) is 13.2 Å². The van der Waals surface area contributed by atoms with Gasteiger partial charge < -0.3 is 30.0 Å². The van der Waals surface area contributed by atoms with Crippen molar-refractivity contribution >= 4 is 29.2 Å². The third-order valence-electron chi connectivity index (χ3n) is 7.32. The van der Waals surface area contributed by atoms with Crippen LogP contribution in [0.3, 0.4) is 0 Å². The number of rotatable bonds is 10. The first kappa shape index (κ1) is 30.7. The van der Waals surface area contributed by atoms with E-state index in [4.69, 9.17) is 22.1 Å². The van der Waals surface area contributed by atoms with Crippen LogP contribution in [0.5, 0.6) is 11.5 Å². The van der Waals surface area contributed by atoms with Crippen LogP contribution in [0.25, 0.3) is 0 Å². The van der Waals surface area contributed by atoms with Crippen molar-refractivity contribution in [2.24, 2.45) is 5.73 Å². The number of primary amides is 1. The molecule has 2 amide bonds. The SMILES string of the molecule is CN(c1cncn1Cc1ccc(OC(F)(F)F)cc1)C1CCOc2c(C(=O)N[C@@H](Cc3ccc(Cl)cc3)C(N)=O)cccc21. The van der Waals surface area contributed by atoms with Gasteiger partial charge in [-0.05, 0) is 41.5 Å². The first-order valence-electron chi connectivity index (χ1n) is 13.7. The topological polar surface area (TPSA) is 112 Å². The van der Waals surface area contributed by atoms with E-state index in [1.807, 2.05) is 22.6 Å². The number of hydrogen-bond donors (Lipinski definition) is 2. The van der Waals surface area contributed by atoms with E-state index >= 15 is 0 Å². The summed E-state index contributed by atoms with van der Waals surface area (Å²) in [4.78, 5) is 31.9. The molecule has 5 rings (SSSR count). The summed E-state index contributed by atoms with van der Waals surface area (Å²) in [5.74, 6) is -0.299. The molecule has 3 N–H and O–H groups in total. The zero-order valence-electron chi connectivity index (χ0n) is 23.6. The Morgan fingerprint density at radius 1 is 1.14 bits per heavy atom. The van der Waals surface area contributed by atoms with Gasteiger partial charge in [0.1, 0.15) is 23.4 Å². The zero-order chi connectivity index (χ0) is 31.4. The van der Waals surface area contributed by atoms with Gasteiger partial charge in [0.15, 0.2) is 0 Å². The molecule has 0 spiro atoms. The Bertz CT molecular complexity index is 1630. The lowest BCUT2D eigenvalue weighted by molar-refractivity contribution is -0.274. The molecule has 0 bridgehead atoms. The molecule has 0 radical (unpaired) electrons. The number of carbonyl (C=O) groups excluding carboxylic acids is 2. The minimum atomic E-state index is -4.76. The van der Waals surface area contributed by atoms with Crippen molar-refractivity contribution in [3.05, 3.63) is 107 Å². The van der Waals surface area contributed by atoms with Crippen molar-refractivity contribution in [2.45, 2.75) is 37.8 Å². The highest BCUT2D eigenvalue weighted by Crippen LogP contribution is 2.39. The van der Waals surface area contributed by atoms with Gasteiger partial charge in [0.25, 0.3) is 5.91 Å². The van der Waals surface area contributed by atoms with E-state index in [0.29, 0.717) is 30.3 Å². The Kier molecular flexibility index (Phi) is 9.00. The van der Waals surface area contributed by atoms with Crippen molar-refractivity contribution < 1.29 is 32.2 Å². The Morgan fingerprint density at radius 2 is 1.84 bits per heavy atom. The first-order valence-corrected chi connectivity index (χ1v) is 14.0. The number of nitrogens with one attached hydrogen (secondary N) is 1. The Balaban J connectivity index is 1.33. The van der Waals surface area contributed by atoms with Crippen molar-refractivity contribution in [3.8, 4) is 11.5 Å². The van der Waals surface area contributed by atoms with Gasteiger partial charge in [-0.2, -0.15) is 0 Å². The number of nitrogens with zero attached hydrogens (tertiary/aromatic N) is 3. The monoisotopic (exact) mass is 627 g/mol. The smallest absolute Gasteiger partial charge is 0.492 e. The molecule has 0 aliphatic carbocycles. The quantitative estimate of drug-likeness (QED) is 0.248.